The van der Waals surface area contributed by atoms with Crippen molar-refractivity contribution < 1.29 is 0 Å². The second-order valence-corrected chi connectivity index (χ2v) is 3.31. The third kappa shape index (κ3) is 1.07. The van der Waals surface area contributed by atoms with Crippen LogP contribution in [0.5, 0.6) is 0 Å². The molecule has 0 N–H and O–H groups in total. The minimum atomic E-state index is 1.10. The summed E-state index contributed by atoms with van der Waals surface area (Å²) in [5.41, 5.74) is 3.87. The van der Waals surface area contributed by atoms with Gasteiger partial charge in [0.25, 0.3) is 0 Å². The topological polar surface area (TPSA) is 16.1 Å². The van der Waals surface area contributed by atoms with Crippen molar-refractivity contribution >= 4 is 5.69 Å². The lowest BCUT2D eigenvalue weighted by atomic mass is 10.2. The number of aromatic nitrogens is 1. The van der Waals surface area contributed by atoms with Crippen molar-refractivity contribution in [2.45, 2.75) is 20.3 Å². The number of fused-ring (bicyclic) bond motifs is 1. The Morgan fingerprint density at radius 2 is 2.42 bits per heavy atom. The van der Waals surface area contributed by atoms with Gasteiger partial charge in [0.05, 0.1) is 11.4 Å². The minimum Gasteiger partial charge on any atom is -0.370 e. The Morgan fingerprint density at radius 1 is 1.58 bits per heavy atom. The summed E-state index contributed by atoms with van der Waals surface area (Å²) in [7, 11) is 0. The fourth-order valence-electron chi connectivity index (χ4n) is 1.74. The van der Waals surface area contributed by atoms with Crippen molar-refractivity contribution in [3.05, 3.63) is 23.5 Å². The van der Waals surface area contributed by atoms with Gasteiger partial charge in [-0.3, -0.25) is 4.98 Å². The predicted molar refractivity (Wildman–Crippen MR) is 50.6 cm³/mol. The maximum Gasteiger partial charge on any atom is 0.0654 e. The van der Waals surface area contributed by atoms with E-state index in [0.717, 1.165) is 19.5 Å². The summed E-state index contributed by atoms with van der Waals surface area (Å²) in [4.78, 5) is 6.80. The summed E-state index contributed by atoms with van der Waals surface area (Å²) in [6.07, 6.45) is 3.07. The molecule has 0 bridgehead atoms. The molecule has 0 spiro atoms. The first-order valence-electron chi connectivity index (χ1n) is 4.51. The first kappa shape index (κ1) is 7.59. The Labute approximate surface area is 73.2 Å². The van der Waals surface area contributed by atoms with Gasteiger partial charge in [-0.05, 0) is 25.5 Å². The van der Waals surface area contributed by atoms with E-state index in [1.807, 2.05) is 6.20 Å². The fourth-order valence-corrected chi connectivity index (χ4v) is 1.74. The maximum absolute atomic E-state index is 4.42. The molecule has 64 valence electrons. The van der Waals surface area contributed by atoms with E-state index in [9.17, 15) is 0 Å². The number of likely N-dealkylation sites (N-methyl/N-ethyl adjacent to an activating group) is 1. The van der Waals surface area contributed by atoms with Gasteiger partial charge in [0.15, 0.2) is 0 Å². The quantitative estimate of drug-likeness (QED) is 0.625. The molecule has 2 heteroatoms. The molecule has 0 saturated carbocycles. The molecule has 1 aromatic rings. The van der Waals surface area contributed by atoms with Crippen molar-refractivity contribution in [3.8, 4) is 0 Å². The molecule has 2 rings (SSSR count). The number of nitrogens with zero attached hydrogens (tertiary/aromatic N) is 2. The third-order valence-electron chi connectivity index (χ3n) is 2.43. The van der Waals surface area contributed by atoms with Crippen LogP contribution < -0.4 is 4.90 Å². The SMILES string of the molecule is CCN1CCc2ncc(C)cc21. The highest BCUT2D eigenvalue weighted by Crippen LogP contribution is 2.26. The van der Waals surface area contributed by atoms with E-state index in [2.05, 4.69) is 29.8 Å². The Hall–Kier alpha value is -1.05. The Kier molecular flexibility index (Phi) is 1.75. The summed E-state index contributed by atoms with van der Waals surface area (Å²) in [6.45, 7) is 6.53. The smallest absolute Gasteiger partial charge is 0.0654 e. The largest absolute Gasteiger partial charge is 0.370 e. The molecular formula is C10H14N2. The molecule has 0 unspecified atom stereocenters. The Morgan fingerprint density at radius 3 is 3.17 bits per heavy atom. The van der Waals surface area contributed by atoms with Crippen molar-refractivity contribution in [1.29, 1.82) is 0 Å². The van der Waals surface area contributed by atoms with Crippen LogP contribution in [0.1, 0.15) is 18.2 Å². The van der Waals surface area contributed by atoms with Crippen LogP contribution >= 0.6 is 0 Å². The van der Waals surface area contributed by atoms with Crippen molar-refractivity contribution in [2.75, 3.05) is 18.0 Å². The van der Waals surface area contributed by atoms with Gasteiger partial charge >= 0.3 is 0 Å². The summed E-state index contributed by atoms with van der Waals surface area (Å²) in [5, 5.41) is 0. The van der Waals surface area contributed by atoms with E-state index in [1.165, 1.54) is 16.9 Å². The predicted octanol–water partition coefficient (Wildman–Crippen LogP) is 1.77. The van der Waals surface area contributed by atoms with Crippen molar-refractivity contribution in [3.63, 3.8) is 0 Å². The number of anilines is 1. The zero-order chi connectivity index (χ0) is 8.55. The van der Waals surface area contributed by atoms with Crippen LogP contribution in [0.25, 0.3) is 0 Å². The van der Waals surface area contributed by atoms with Crippen LogP contribution in [0.3, 0.4) is 0 Å². The highest BCUT2D eigenvalue weighted by Gasteiger charge is 2.17. The van der Waals surface area contributed by atoms with E-state index in [1.54, 1.807) is 0 Å². The van der Waals surface area contributed by atoms with Crippen LogP contribution in [0.2, 0.25) is 0 Å². The van der Waals surface area contributed by atoms with Gasteiger partial charge in [-0.25, -0.2) is 0 Å². The minimum absolute atomic E-state index is 1.10. The summed E-state index contributed by atoms with van der Waals surface area (Å²) in [6, 6.07) is 2.23. The van der Waals surface area contributed by atoms with Crippen LogP contribution in [0.15, 0.2) is 12.3 Å². The van der Waals surface area contributed by atoms with E-state index in [4.69, 9.17) is 0 Å². The molecule has 0 aliphatic carbocycles. The maximum atomic E-state index is 4.42. The molecule has 2 nitrogen and oxygen atoms in total. The van der Waals surface area contributed by atoms with Gasteiger partial charge in [0.2, 0.25) is 0 Å². The second kappa shape index (κ2) is 2.77. The summed E-state index contributed by atoms with van der Waals surface area (Å²) < 4.78 is 0. The molecule has 0 aromatic carbocycles. The molecule has 0 fully saturated rings. The van der Waals surface area contributed by atoms with Gasteiger partial charge in [-0.2, -0.15) is 0 Å². The molecule has 2 heterocycles. The Bertz CT molecular complexity index is 294. The molecule has 0 saturated heterocycles. The number of hydrogen-bond acceptors (Lipinski definition) is 2. The monoisotopic (exact) mass is 162 g/mol. The lowest BCUT2D eigenvalue weighted by Gasteiger charge is -2.15. The van der Waals surface area contributed by atoms with Crippen LogP contribution in [-0.4, -0.2) is 18.1 Å². The highest BCUT2D eigenvalue weighted by atomic mass is 15.2. The average molecular weight is 162 g/mol. The van der Waals surface area contributed by atoms with Gasteiger partial charge in [0, 0.05) is 25.7 Å². The first-order valence-corrected chi connectivity index (χ1v) is 4.51. The zero-order valence-corrected chi connectivity index (χ0v) is 7.67. The van der Waals surface area contributed by atoms with E-state index in [0.29, 0.717) is 0 Å². The van der Waals surface area contributed by atoms with E-state index >= 15 is 0 Å². The zero-order valence-electron chi connectivity index (χ0n) is 7.67. The fraction of sp³-hybridized carbons (Fsp3) is 0.500. The molecule has 0 atom stereocenters. The van der Waals surface area contributed by atoms with Gasteiger partial charge in [0.1, 0.15) is 0 Å². The molecule has 1 aromatic heterocycles. The first-order chi connectivity index (χ1) is 5.81. The highest BCUT2D eigenvalue weighted by molar-refractivity contribution is 5.55. The van der Waals surface area contributed by atoms with Gasteiger partial charge in [-0.15, -0.1) is 0 Å². The summed E-state index contributed by atoms with van der Waals surface area (Å²) in [5.74, 6) is 0. The lowest BCUT2D eigenvalue weighted by Crippen LogP contribution is -2.19. The number of pyridine rings is 1. The molecule has 0 radical (unpaired) electrons. The van der Waals surface area contributed by atoms with Crippen molar-refractivity contribution in [2.24, 2.45) is 0 Å². The standard InChI is InChI=1S/C10H14N2/c1-3-12-5-4-9-10(12)6-8(2)7-11-9/h6-7H,3-5H2,1-2H3. The normalized spacial score (nSPS) is 15.0. The molecule has 1 aliphatic rings. The van der Waals surface area contributed by atoms with Crippen molar-refractivity contribution in [1.82, 2.24) is 4.98 Å². The molecule has 1 aliphatic heterocycles. The second-order valence-electron chi connectivity index (χ2n) is 3.31. The third-order valence-corrected chi connectivity index (χ3v) is 2.43. The van der Waals surface area contributed by atoms with Gasteiger partial charge < -0.3 is 4.90 Å². The van der Waals surface area contributed by atoms with Gasteiger partial charge in [-0.1, -0.05) is 0 Å². The Balaban J connectivity index is 2.42. The summed E-state index contributed by atoms with van der Waals surface area (Å²) >= 11 is 0. The van der Waals surface area contributed by atoms with E-state index in [-0.39, 0.29) is 0 Å². The number of aryl methyl sites for hydroxylation is 1. The lowest BCUT2D eigenvalue weighted by molar-refractivity contribution is 0.864. The average Bonchev–Trinajstić information content (AvgIpc) is 2.46. The number of rotatable bonds is 1. The van der Waals surface area contributed by atoms with E-state index < -0.39 is 0 Å². The molecule has 12 heavy (non-hydrogen) atoms. The van der Waals surface area contributed by atoms with Crippen LogP contribution in [0, 0.1) is 6.92 Å². The number of hydrogen-bond donors (Lipinski definition) is 0. The van der Waals surface area contributed by atoms with Crippen LogP contribution in [0.4, 0.5) is 5.69 Å². The molecule has 0 amide bonds. The molecular weight excluding hydrogens is 148 g/mol. The van der Waals surface area contributed by atoms with Crippen LogP contribution in [-0.2, 0) is 6.42 Å².